The van der Waals surface area contributed by atoms with E-state index in [-0.39, 0.29) is 12.4 Å². The van der Waals surface area contributed by atoms with Crippen LogP contribution in [0.5, 0.6) is 0 Å². The van der Waals surface area contributed by atoms with Gasteiger partial charge in [-0.05, 0) is 37.1 Å². The van der Waals surface area contributed by atoms with Gasteiger partial charge in [0, 0.05) is 19.8 Å². The number of anilines is 1. The van der Waals surface area contributed by atoms with E-state index in [1.165, 1.54) is 16.8 Å². The number of aryl methyl sites for hydroxylation is 1. The molecule has 0 atom stereocenters. The molecule has 0 unspecified atom stereocenters. The number of nitrogens with two attached hydrogens (primary N) is 1. The second-order valence-electron chi connectivity index (χ2n) is 3.57. The summed E-state index contributed by atoms with van der Waals surface area (Å²) in [5, 5.41) is 0. The first kappa shape index (κ1) is 13.3. The fraction of sp³-hybridized carbons (Fsp3) is 0.455. The molecule has 0 saturated heterocycles. The van der Waals surface area contributed by atoms with Gasteiger partial charge in [-0.25, -0.2) is 0 Å². The first-order valence-corrected chi connectivity index (χ1v) is 4.62. The van der Waals surface area contributed by atoms with Crippen LogP contribution in [0, 0.1) is 6.92 Å². The van der Waals surface area contributed by atoms with Crippen molar-refractivity contribution in [2.45, 2.75) is 13.3 Å². The number of rotatable bonds is 3. The summed E-state index contributed by atoms with van der Waals surface area (Å²) in [4.78, 5) is 2.14. The summed E-state index contributed by atoms with van der Waals surface area (Å²) in [7, 11) is 4.13. The third-order valence-electron chi connectivity index (χ3n) is 2.14. The van der Waals surface area contributed by atoms with Crippen LogP contribution in [0.4, 0.5) is 5.69 Å². The molecule has 0 heterocycles. The van der Waals surface area contributed by atoms with E-state index in [0.29, 0.717) is 6.54 Å². The number of hydrogen-bond acceptors (Lipinski definition) is 2. The first-order chi connectivity index (χ1) is 6.15. The quantitative estimate of drug-likeness (QED) is 0.834. The topological polar surface area (TPSA) is 29.3 Å². The van der Waals surface area contributed by atoms with E-state index < -0.39 is 0 Å². The number of hydrogen-bond donors (Lipinski definition) is 1. The lowest BCUT2D eigenvalue weighted by molar-refractivity contribution is 0.953. The summed E-state index contributed by atoms with van der Waals surface area (Å²) in [5.74, 6) is 0. The smallest absolute Gasteiger partial charge is 0.0396 e. The third kappa shape index (κ3) is 3.20. The monoisotopic (exact) mass is 214 g/mol. The number of halogens is 1. The molecule has 2 N–H and O–H groups in total. The molecule has 0 fully saturated rings. The van der Waals surface area contributed by atoms with Gasteiger partial charge in [0.15, 0.2) is 0 Å². The van der Waals surface area contributed by atoms with Gasteiger partial charge in [0.25, 0.3) is 0 Å². The Kier molecular flexibility index (Phi) is 5.58. The normalized spacial score (nSPS) is 9.43. The summed E-state index contributed by atoms with van der Waals surface area (Å²) in [5.41, 5.74) is 9.46. The van der Waals surface area contributed by atoms with Crippen LogP contribution in [0.1, 0.15) is 11.1 Å². The van der Waals surface area contributed by atoms with Crippen molar-refractivity contribution < 1.29 is 0 Å². The van der Waals surface area contributed by atoms with Crippen molar-refractivity contribution in [3.63, 3.8) is 0 Å². The largest absolute Gasteiger partial charge is 0.377 e. The molecule has 0 aromatic heterocycles. The lowest BCUT2D eigenvalue weighted by Gasteiger charge is -2.17. The fourth-order valence-electron chi connectivity index (χ4n) is 1.46. The number of benzene rings is 1. The lowest BCUT2D eigenvalue weighted by Crippen LogP contribution is -2.13. The summed E-state index contributed by atoms with van der Waals surface area (Å²) >= 11 is 0. The molecule has 14 heavy (non-hydrogen) atoms. The van der Waals surface area contributed by atoms with Crippen LogP contribution >= 0.6 is 12.4 Å². The average Bonchev–Trinajstić information content (AvgIpc) is 2.08. The van der Waals surface area contributed by atoms with Crippen LogP contribution in [0.3, 0.4) is 0 Å². The Hall–Kier alpha value is -0.730. The van der Waals surface area contributed by atoms with Crippen molar-refractivity contribution in [1.29, 1.82) is 0 Å². The van der Waals surface area contributed by atoms with Crippen LogP contribution in [0.15, 0.2) is 18.2 Å². The molecule has 1 rings (SSSR count). The van der Waals surface area contributed by atoms with Crippen molar-refractivity contribution in [3.8, 4) is 0 Å². The Morgan fingerprint density at radius 3 is 2.43 bits per heavy atom. The maximum atomic E-state index is 5.55. The van der Waals surface area contributed by atoms with Gasteiger partial charge in [0.1, 0.15) is 0 Å². The molecular formula is C11H19ClN2. The fourth-order valence-corrected chi connectivity index (χ4v) is 1.46. The molecule has 0 bridgehead atoms. The van der Waals surface area contributed by atoms with Crippen molar-refractivity contribution >= 4 is 18.1 Å². The molecular weight excluding hydrogens is 196 g/mol. The molecule has 0 radical (unpaired) electrons. The third-order valence-corrected chi connectivity index (χ3v) is 2.14. The Morgan fingerprint density at radius 2 is 1.93 bits per heavy atom. The standard InChI is InChI=1S/C11H18N2.ClH/c1-9-4-5-10(6-7-12)11(8-9)13(2)3;/h4-5,8H,6-7,12H2,1-3H3;1H. The van der Waals surface area contributed by atoms with Crippen molar-refractivity contribution in [2.75, 3.05) is 25.5 Å². The Bertz CT molecular complexity index is 285. The first-order valence-electron chi connectivity index (χ1n) is 4.62. The minimum absolute atomic E-state index is 0. The molecule has 0 saturated carbocycles. The maximum Gasteiger partial charge on any atom is 0.0396 e. The van der Waals surface area contributed by atoms with Gasteiger partial charge in [0.05, 0.1) is 0 Å². The highest BCUT2D eigenvalue weighted by molar-refractivity contribution is 5.85. The van der Waals surface area contributed by atoms with E-state index in [1.807, 2.05) is 0 Å². The van der Waals surface area contributed by atoms with E-state index in [9.17, 15) is 0 Å². The van der Waals surface area contributed by atoms with Crippen LogP contribution in [-0.4, -0.2) is 20.6 Å². The Balaban J connectivity index is 0.00000169. The summed E-state index contributed by atoms with van der Waals surface area (Å²) < 4.78 is 0. The summed E-state index contributed by atoms with van der Waals surface area (Å²) in [6.45, 7) is 2.82. The molecule has 1 aromatic rings. The van der Waals surface area contributed by atoms with Gasteiger partial charge in [-0.1, -0.05) is 12.1 Å². The molecule has 0 spiro atoms. The highest BCUT2D eigenvalue weighted by Crippen LogP contribution is 2.20. The molecule has 3 heteroatoms. The van der Waals surface area contributed by atoms with E-state index in [4.69, 9.17) is 5.73 Å². The molecule has 0 aliphatic heterocycles. The van der Waals surface area contributed by atoms with E-state index >= 15 is 0 Å². The maximum absolute atomic E-state index is 5.55. The van der Waals surface area contributed by atoms with E-state index in [0.717, 1.165) is 6.42 Å². The van der Waals surface area contributed by atoms with Crippen molar-refractivity contribution in [1.82, 2.24) is 0 Å². The minimum Gasteiger partial charge on any atom is -0.377 e. The van der Waals surface area contributed by atoms with Gasteiger partial charge in [-0.15, -0.1) is 12.4 Å². The second-order valence-corrected chi connectivity index (χ2v) is 3.57. The predicted octanol–water partition coefficient (Wildman–Crippen LogP) is 1.98. The van der Waals surface area contributed by atoms with Crippen molar-refractivity contribution in [2.24, 2.45) is 5.73 Å². The predicted molar refractivity (Wildman–Crippen MR) is 65.5 cm³/mol. The summed E-state index contributed by atoms with van der Waals surface area (Å²) in [6, 6.07) is 6.50. The number of nitrogens with zero attached hydrogens (tertiary/aromatic N) is 1. The zero-order valence-corrected chi connectivity index (χ0v) is 9.90. The zero-order chi connectivity index (χ0) is 9.84. The SMILES string of the molecule is Cc1ccc(CCN)c(N(C)C)c1.Cl. The Morgan fingerprint density at radius 1 is 1.29 bits per heavy atom. The molecule has 80 valence electrons. The van der Waals surface area contributed by atoms with Crippen LogP contribution in [0.25, 0.3) is 0 Å². The van der Waals surface area contributed by atoms with Gasteiger partial charge >= 0.3 is 0 Å². The van der Waals surface area contributed by atoms with Crippen LogP contribution in [0.2, 0.25) is 0 Å². The molecule has 1 aromatic carbocycles. The van der Waals surface area contributed by atoms with Gasteiger partial charge in [-0.3, -0.25) is 0 Å². The zero-order valence-electron chi connectivity index (χ0n) is 9.08. The van der Waals surface area contributed by atoms with Crippen molar-refractivity contribution in [3.05, 3.63) is 29.3 Å². The summed E-state index contributed by atoms with van der Waals surface area (Å²) in [6.07, 6.45) is 0.952. The van der Waals surface area contributed by atoms with E-state index in [1.54, 1.807) is 0 Å². The van der Waals surface area contributed by atoms with E-state index in [2.05, 4.69) is 44.1 Å². The second kappa shape index (κ2) is 5.89. The van der Waals surface area contributed by atoms with Crippen LogP contribution in [-0.2, 0) is 6.42 Å². The van der Waals surface area contributed by atoms with Gasteiger partial charge in [-0.2, -0.15) is 0 Å². The average molecular weight is 215 g/mol. The lowest BCUT2D eigenvalue weighted by atomic mass is 10.1. The minimum atomic E-state index is 0. The molecule has 0 amide bonds. The van der Waals surface area contributed by atoms with Crippen LogP contribution < -0.4 is 10.6 Å². The highest BCUT2D eigenvalue weighted by atomic mass is 35.5. The molecule has 0 aliphatic carbocycles. The highest BCUT2D eigenvalue weighted by Gasteiger charge is 2.03. The molecule has 0 aliphatic rings. The Labute approximate surface area is 92.5 Å². The van der Waals surface area contributed by atoms with Gasteiger partial charge < -0.3 is 10.6 Å². The molecule has 2 nitrogen and oxygen atoms in total. The van der Waals surface area contributed by atoms with Gasteiger partial charge in [0.2, 0.25) is 0 Å².